The molecule has 0 bridgehead atoms. The van der Waals surface area contributed by atoms with Gasteiger partial charge in [-0.25, -0.2) is 0 Å². The van der Waals surface area contributed by atoms with Gasteiger partial charge in [0.1, 0.15) is 5.75 Å². The average Bonchev–Trinajstić information content (AvgIpc) is 2.52. The lowest BCUT2D eigenvalue weighted by Gasteiger charge is -2.26. The highest BCUT2D eigenvalue weighted by molar-refractivity contribution is 5.77. The number of benzene rings is 1. The van der Waals surface area contributed by atoms with Crippen LogP contribution in [0.4, 0.5) is 0 Å². The Morgan fingerprint density at radius 1 is 1.25 bits per heavy atom. The van der Waals surface area contributed by atoms with Crippen LogP contribution in [-0.2, 0) is 16.0 Å². The van der Waals surface area contributed by atoms with E-state index < -0.39 is 0 Å². The number of nitrogens with two attached hydrogens (primary N) is 1. The molecule has 0 aliphatic carbocycles. The Bertz CT molecular complexity index is 414. The van der Waals surface area contributed by atoms with Crippen molar-refractivity contribution in [3.63, 3.8) is 0 Å². The maximum atomic E-state index is 11.9. The van der Waals surface area contributed by atoms with E-state index in [1.54, 1.807) is 4.90 Å². The normalized spacial score (nSPS) is 15.2. The quantitative estimate of drug-likeness (QED) is 0.836. The first-order valence-electron chi connectivity index (χ1n) is 7.07. The molecule has 2 rings (SSSR count). The fraction of sp³-hybridized carbons (Fsp3) is 0.533. The monoisotopic (exact) mass is 278 g/mol. The minimum atomic E-state index is 0.0144. The number of nitrogens with zero attached hydrogens (tertiary/aromatic N) is 1. The van der Waals surface area contributed by atoms with E-state index in [4.69, 9.17) is 15.2 Å². The second kappa shape index (κ2) is 7.87. The van der Waals surface area contributed by atoms with Gasteiger partial charge in [-0.3, -0.25) is 4.79 Å². The van der Waals surface area contributed by atoms with Crippen molar-refractivity contribution in [2.75, 3.05) is 39.5 Å². The molecule has 1 aromatic carbocycles. The molecule has 1 fully saturated rings. The van der Waals surface area contributed by atoms with E-state index in [0.29, 0.717) is 32.8 Å². The summed E-state index contributed by atoms with van der Waals surface area (Å²) in [4.78, 5) is 13.7. The first-order valence-corrected chi connectivity index (χ1v) is 7.07. The SMILES string of the molecule is NCCCc1ccc(OCC(=O)N2CCOCC2)cc1. The van der Waals surface area contributed by atoms with Crippen LogP contribution in [0.2, 0.25) is 0 Å². The third-order valence-electron chi connectivity index (χ3n) is 3.32. The van der Waals surface area contributed by atoms with Crippen molar-refractivity contribution in [1.29, 1.82) is 0 Å². The molecule has 0 spiro atoms. The number of hydrogen-bond acceptors (Lipinski definition) is 4. The predicted molar refractivity (Wildman–Crippen MR) is 76.7 cm³/mol. The van der Waals surface area contributed by atoms with Crippen molar-refractivity contribution < 1.29 is 14.3 Å². The summed E-state index contributed by atoms with van der Waals surface area (Å²) in [5, 5.41) is 0. The fourth-order valence-corrected chi connectivity index (χ4v) is 2.11. The van der Waals surface area contributed by atoms with Gasteiger partial charge in [-0.1, -0.05) is 12.1 Å². The Labute approximate surface area is 119 Å². The van der Waals surface area contributed by atoms with Gasteiger partial charge in [0.25, 0.3) is 5.91 Å². The molecule has 1 amide bonds. The third-order valence-corrected chi connectivity index (χ3v) is 3.32. The van der Waals surface area contributed by atoms with Gasteiger partial charge in [0.15, 0.2) is 6.61 Å². The van der Waals surface area contributed by atoms with Crippen molar-refractivity contribution in [3.8, 4) is 5.75 Å². The Morgan fingerprint density at radius 2 is 1.95 bits per heavy atom. The summed E-state index contributed by atoms with van der Waals surface area (Å²) in [5.41, 5.74) is 6.72. The molecule has 1 saturated heterocycles. The zero-order chi connectivity index (χ0) is 14.2. The number of ether oxygens (including phenoxy) is 2. The van der Waals surface area contributed by atoms with Crippen LogP contribution < -0.4 is 10.5 Å². The average molecular weight is 278 g/mol. The number of hydrogen-bond donors (Lipinski definition) is 1. The van der Waals surface area contributed by atoms with Gasteiger partial charge in [0, 0.05) is 13.1 Å². The van der Waals surface area contributed by atoms with Crippen LogP contribution >= 0.6 is 0 Å². The van der Waals surface area contributed by atoms with Gasteiger partial charge in [-0.05, 0) is 37.1 Å². The van der Waals surface area contributed by atoms with Crippen molar-refractivity contribution in [2.24, 2.45) is 5.73 Å². The zero-order valence-corrected chi connectivity index (χ0v) is 11.7. The molecule has 0 aromatic heterocycles. The molecule has 20 heavy (non-hydrogen) atoms. The number of morpholine rings is 1. The van der Waals surface area contributed by atoms with E-state index in [0.717, 1.165) is 18.6 Å². The van der Waals surface area contributed by atoms with Crippen LogP contribution in [0.15, 0.2) is 24.3 Å². The largest absolute Gasteiger partial charge is 0.484 e. The second-order valence-electron chi connectivity index (χ2n) is 4.82. The highest BCUT2D eigenvalue weighted by atomic mass is 16.5. The second-order valence-corrected chi connectivity index (χ2v) is 4.82. The minimum Gasteiger partial charge on any atom is -0.484 e. The molecule has 110 valence electrons. The third kappa shape index (κ3) is 4.51. The van der Waals surface area contributed by atoms with Gasteiger partial charge in [-0.2, -0.15) is 0 Å². The summed E-state index contributed by atoms with van der Waals surface area (Å²) in [6.07, 6.45) is 1.96. The first kappa shape index (κ1) is 14.8. The van der Waals surface area contributed by atoms with Gasteiger partial charge in [0.2, 0.25) is 0 Å². The molecule has 0 saturated carbocycles. The molecule has 1 aromatic rings. The fourth-order valence-electron chi connectivity index (χ4n) is 2.11. The summed E-state index contributed by atoms with van der Waals surface area (Å²) >= 11 is 0. The summed E-state index contributed by atoms with van der Waals surface area (Å²) in [6.45, 7) is 3.32. The lowest BCUT2D eigenvalue weighted by Crippen LogP contribution is -2.42. The predicted octanol–water partition coefficient (Wildman–Crippen LogP) is 0.816. The summed E-state index contributed by atoms with van der Waals surface area (Å²) in [7, 11) is 0. The maximum absolute atomic E-state index is 11.9. The Hall–Kier alpha value is -1.59. The van der Waals surface area contributed by atoms with Gasteiger partial charge in [-0.15, -0.1) is 0 Å². The van der Waals surface area contributed by atoms with Crippen LogP contribution in [0.25, 0.3) is 0 Å². The summed E-state index contributed by atoms with van der Waals surface area (Å²) < 4.78 is 10.7. The van der Waals surface area contributed by atoms with E-state index >= 15 is 0 Å². The highest BCUT2D eigenvalue weighted by Crippen LogP contribution is 2.13. The number of carbonyl (C=O) groups is 1. The summed E-state index contributed by atoms with van der Waals surface area (Å²) in [5.74, 6) is 0.739. The van der Waals surface area contributed by atoms with Crippen molar-refractivity contribution in [1.82, 2.24) is 4.90 Å². The van der Waals surface area contributed by atoms with Gasteiger partial charge in [0.05, 0.1) is 13.2 Å². The molecule has 1 aliphatic rings. The van der Waals surface area contributed by atoms with Gasteiger partial charge >= 0.3 is 0 Å². The molecular formula is C15H22N2O3. The highest BCUT2D eigenvalue weighted by Gasteiger charge is 2.16. The molecule has 2 N–H and O–H groups in total. The molecular weight excluding hydrogens is 256 g/mol. The standard InChI is InChI=1S/C15H22N2O3/c16-7-1-2-13-3-5-14(6-4-13)20-12-15(18)17-8-10-19-11-9-17/h3-6H,1-2,7-12,16H2. The molecule has 5 nitrogen and oxygen atoms in total. The Morgan fingerprint density at radius 3 is 2.60 bits per heavy atom. The molecule has 0 radical (unpaired) electrons. The number of amides is 1. The zero-order valence-electron chi connectivity index (χ0n) is 11.7. The molecule has 0 atom stereocenters. The van der Waals surface area contributed by atoms with E-state index in [9.17, 15) is 4.79 Å². The maximum Gasteiger partial charge on any atom is 0.260 e. The molecule has 1 heterocycles. The Kier molecular flexibility index (Phi) is 5.83. The smallest absolute Gasteiger partial charge is 0.260 e. The number of rotatable bonds is 6. The number of carbonyl (C=O) groups excluding carboxylic acids is 1. The molecule has 0 unspecified atom stereocenters. The van der Waals surface area contributed by atoms with Crippen LogP contribution in [0, 0.1) is 0 Å². The first-order chi connectivity index (χ1) is 9.79. The minimum absolute atomic E-state index is 0.0144. The van der Waals surface area contributed by atoms with Crippen LogP contribution in [0.3, 0.4) is 0 Å². The molecule has 5 heteroatoms. The Balaban J connectivity index is 1.76. The van der Waals surface area contributed by atoms with E-state index in [1.807, 2.05) is 24.3 Å². The van der Waals surface area contributed by atoms with Crippen LogP contribution in [0.1, 0.15) is 12.0 Å². The summed E-state index contributed by atoms with van der Waals surface area (Å²) in [6, 6.07) is 7.84. The van der Waals surface area contributed by atoms with Crippen molar-refractivity contribution in [3.05, 3.63) is 29.8 Å². The molecule has 1 aliphatic heterocycles. The topological polar surface area (TPSA) is 64.8 Å². The van der Waals surface area contributed by atoms with E-state index in [-0.39, 0.29) is 12.5 Å². The van der Waals surface area contributed by atoms with Crippen molar-refractivity contribution in [2.45, 2.75) is 12.8 Å². The van der Waals surface area contributed by atoms with Crippen molar-refractivity contribution >= 4 is 5.91 Å². The van der Waals surface area contributed by atoms with Crippen LogP contribution in [0.5, 0.6) is 5.75 Å². The van der Waals surface area contributed by atoms with E-state index in [2.05, 4.69) is 0 Å². The van der Waals surface area contributed by atoms with Gasteiger partial charge < -0.3 is 20.1 Å². The van der Waals surface area contributed by atoms with E-state index in [1.165, 1.54) is 5.56 Å². The number of aryl methyl sites for hydroxylation is 1. The lowest BCUT2D eigenvalue weighted by atomic mass is 10.1. The van der Waals surface area contributed by atoms with Crippen LogP contribution in [-0.4, -0.2) is 50.3 Å². The lowest BCUT2D eigenvalue weighted by molar-refractivity contribution is -0.137.